The summed E-state index contributed by atoms with van der Waals surface area (Å²) in [5.41, 5.74) is 2.55. The van der Waals surface area contributed by atoms with Gasteiger partial charge in [0.25, 0.3) is 0 Å². The third-order valence-electron chi connectivity index (χ3n) is 7.37. The van der Waals surface area contributed by atoms with E-state index in [9.17, 15) is 9.59 Å². The van der Waals surface area contributed by atoms with Crippen LogP contribution >= 0.6 is 0 Å². The number of anilines is 2. The van der Waals surface area contributed by atoms with Gasteiger partial charge >= 0.3 is 6.03 Å². The lowest BCUT2D eigenvalue weighted by atomic mass is 9.91. The Kier molecular flexibility index (Phi) is 8.97. The van der Waals surface area contributed by atoms with Gasteiger partial charge in [-0.1, -0.05) is 32.9 Å². The van der Waals surface area contributed by atoms with Crippen molar-refractivity contribution >= 4 is 23.3 Å². The topological polar surface area (TPSA) is 110 Å². The van der Waals surface area contributed by atoms with Crippen LogP contribution in [0.4, 0.5) is 16.3 Å². The summed E-state index contributed by atoms with van der Waals surface area (Å²) >= 11 is 0. The Balaban J connectivity index is 1.29. The number of hydrogen-bond acceptors (Lipinski definition) is 6. The van der Waals surface area contributed by atoms with Gasteiger partial charge in [0.05, 0.1) is 11.4 Å². The lowest BCUT2D eigenvalue weighted by molar-refractivity contribution is 0.0970. The molecule has 1 aliphatic rings. The molecule has 4 aromatic rings. The van der Waals surface area contributed by atoms with Crippen LogP contribution in [-0.4, -0.2) is 39.7 Å². The summed E-state index contributed by atoms with van der Waals surface area (Å²) in [4.78, 5) is 30.1. The minimum Gasteiger partial charge on any atom is -0.457 e. The summed E-state index contributed by atoms with van der Waals surface area (Å²) < 4.78 is 7.49. The molecular weight excluding hydrogens is 528 g/mol. The molecule has 2 aromatic carbocycles. The van der Waals surface area contributed by atoms with Crippen molar-refractivity contribution in [3.63, 3.8) is 0 Å². The molecule has 0 aliphatic carbocycles. The van der Waals surface area contributed by atoms with E-state index in [-0.39, 0.29) is 11.2 Å². The van der Waals surface area contributed by atoms with E-state index in [1.807, 2.05) is 30.3 Å². The number of hydrogen-bond donors (Lipinski definition) is 3. The number of ketones is 1. The van der Waals surface area contributed by atoms with E-state index in [1.54, 1.807) is 53.5 Å². The lowest BCUT2D eigenvalue weighted by Gasteiger charge is -2.22. The Morgan fingerprint density at radius 2 is 1.67 bits per heavy atom. The highest BCUT2D eigenvalue weighted by molar-refractivity contribution is 5.99. The third kappa shape index (κ3) is 7.61. The minimum absolute atomic E-state index is 0.127. The van der Waals surface area contributed by atoms with Crippen LogP contribution < -0.4 is 20.7 Å². The smallest absolute Gasteiger partial charge is 0.324 e. The van der Waals surface area contributed by atoms with E-state index in [4.69, 9.17) is 9.84 Å². The van der Waals surface area contributed by atoms with Crippen LogP contribution in [-0.2, 0) is 5.41 Å². The van der Waals surface area contributed by atoms with E-state index >= 15 is 0 Å². The maximum Gasteiger partial charge on any atom is 0.324 e. The quantitative estimate of drug-likeness (QED) is 0.189. The number of benzene rings is 2. The Hall–Kier alpha value is -4.50. The van der Waals surface area contributed by atoms with Crippen molar-refractivity contribution in [1.82, 2.24) is 20.1 Å². The van der Waals surface area contributed by atoms with Gasteiger partial charge in [0.2, 0.25) is 0 Å². The van der Waals surface area contributed by atoms with Crippen molar-refractivity contribution in [1.29, 1.82) is 0 Å². The largest absolute Gasteiger partial charge is 0.457 e. The van der Waals surface area contributed by atoms with Gasteiger partial charge in [-0.25, -0.2) is 9.48 Å². The molecule has 1 saturated heterocycles. The van der Waals surface area contributed by atoms with Gasteiger partial charge in [0.15, 0.2) is 5.78 Å². The molecule has 42 heavy (non-hydrogen) atoms. The fraction of sp³-hybridized carbons (Fsp3) is 0.333. The average Bonchev–Trinajstić information content (AvgIpc) is 3.42. The first-order valence-corrected chi connectivity index (χ1v) is 14.5. The van der Waals surface area contributed by atoms with Crippen molar-refractivity contribution in [3.8, 4) is 17.2 Å². The van der Waals surface area contributed by atoms with Crippen molar-refractivity contribution in [2.45, 2.75) is 51.9 Å². The van der Waals surface area contributed by atoms with E-state index in [0.29, 0.717) is 46.6 Å². The summed E-state index contributed by atoms with van der Waals surface area (Å²) in [6.07, 6.45) is 7.00. The van der Waals surface area contributed by atoms with Gasteiger partial charge in [-0.05, 0) is 86.8 Å². The fourth-order valence-corrected chi connectivity index (χ4v) is 4.92. The third-order valence-corrected chi connectivity index (χ3v) is 7.37. The second kappa shape index (κ2) is 13.0. The Morgan fingerprint density at radius 1 is 0.952 bits per heavy atom. The zero-order chi connectivity index (χ0) is 29.5. The normalized spacial score (nSPS) is 13.9. The first-order valence-electron chi connectivity index (χ1n) is 14.5. The van der Waals surface area contributed by atoms with E-state index in [2.05, 4.69) is 41.7 Å². The first-order chi connectivity index (χ1) is 20.2. The zero-order valence-corrected chi connectivity index (χ0v) is 24.4. The fourth-order valence-electron chi connectivity index (χ4n) is 4.92. The molecule has 0 spiro atoms. The molecule has 2 amide bonds. The van der Waals surface area contributed by atoms with Gasteiger partial charge in [-0.15, -0.1) is 0 Å². The number of ether oxygens (including phenoxy) is 1. The number of aromatic nitrogens is 3. The standard InChI is InChI=1S/C33H38N6O3/c1-33(2,3)30-22-31(37-32(41)36-25-8-10-27(11-9-25)42-28-15-19-35-20-16-28)39(38-30)26-6-4-5-24(21-26)29(40)12-7-23-13-17-34-18-14-23/h4-6,8-11,15-16,19-23,34H,7,12-14,17-18H2,1-3H3,(H2,36,37,41). The number of rotatable bonds is 9. The molecule has 5 rings (SSSR count). The maximum atomic E-state index is 13.1. The van der Waals surface area contributed by atoms with Crippen LogP contribution in [0, 0.1) is 5.92 Å². The van der Waals surface area contributed by atoms with Crippen LogP contribution in [0.3, 0.4) is 0 Å². The molecule has 0 saturated carbocycles. The van der Waals surface area contributed by atoms with Crippen LogP contribution in [0.15, 0.2) is 79.1 Å². The number of carbonyl (C=O) groups excluding carboxylic acids is 2. The summed E-state index contributed by atoms with van der Waals surface area (Å²) in [5.74, 6) is 2.55. The second-order valence-corrected chi connectivity index (χ2v) is 11.7. The zero-order valence-electron chi connectivity index (χ0n) is 24.4. The summed E-state index contributed by atoms with van der Waals surface area (Å²) in [7, 11) is 0. The van der Waals surface area contributed by atoms with Crippen LogP contribution in [0.1, 0.15) is 62.5 Å². The highest BCUT2D eigenvalue weighted by Gasteiger charge is 2.22. The molecule has 3 heterocycles. The number of urea groups is 1. The molecule has 1 fully saturated rings. The number of piperidine rings is 1. The van der Waals surface area contributed by atoms with Crippen molar-refractivity contribution in [2.75, 3.05) is 23.7 Å². The lowest BCUT2D eigenvalue weighted by Crippen LogP contribution is -2.28. The van der Waals surface area contributed by atoms with Gasteiger partial charge in [-0.3, -0.25) is 15.1 Å². The van der Waals surface area contributed by atoms with Gasteiger partial charge in [0.1, 0.15) is 17.3 Å². The SMILES string of the molecule is CC(C)(C)c1cc(NC(=O)Nc2ccc(Oc3ccncc3)cc2)n(-c2cccc(C(=O)CCC3CCNCC3)c2)n1. The van der Waals surface area contributed by atoms with Crippen LogP contribution in [0.2, 0.25) is 0 Å². The molecule has 1 aliphatic heterocycles. The Labute approximate surface area is 246 Å². The van der Waals surface area contributed by atoms with Gasteiger partial charge in [-0.2, -0.15) is 5.10 Å². The van der Waals surface area contributed by atoms with Crippen molar-refractivity contribution in [3.05, 3.63) is 90.4 Å². The predicted molar refractivity (Wildman–Crippen MR) is 165 cm³/mol. The van der Waals surface area contributed by atoms with Crippen molar-refractivity contribution in [2.24, 2.45) is 5.92 Å². The first kappa shape index (κ1) is 29.0. The molecule has 3 N–H and O–H groups in total. The van der Waals surface area contributed by atoms with E-state index in [0.717, 1.165) is 38.0 Å². The molecule has 9 nitrogen and oxygen atoms in total. The average molecular weight is 567 g/mol. The Bertz CT molecular complexity index is 1500. The monoisotopic (exact) mass is 566 g/mol. The number of pyridine rings is 1. The number of Topliss-reactive ketones (excluding diaryl/α,β-unsaturated/α-hetero) is 1. The molecular formula is C33H38N6O3. The van der Waals surface area contributed by atoms with Gasteiger partial charge < -0.3 is 15.4 Å². The maximum absolute atomic E-state index is 13.1. The molecule has 218 valence electrons. The molecule has 0 unspecified atom stereocenters. The molecule has 0 atom stereocenters. The number of nitrogens with one attached hydrogen (secondary N) is 3. The summed E-state index contributed by atoms with van der Waals surface area (Å²) in [6, 6.07) is 19.6. The predicted octanol–water partition coefficient (Wildman–Crippen LogP) is 6.96. The number of amides is 2. The minimum atomic E-state index is -0.409. The van der Waals surface area contributed by atoms with Crippen LogP contribution in [0.25, 0.3) is 5.69 Å². The highest BCUT2D eigenvalue weighted by atomic mass is 16.5. The highest BCUT2D eigenvalue weighted by Crippen LogP contribution is 2.28. The molecule has 2 aromatic heterocycles. The van der Waals surface area contributed by atoms with Crippen molar-refractivity contribution < 1.29 is 14.3 Å². The Morgan fingerprint density at radius 3 is 2.38 bits per heavy atom. The second-order valence-electron chi connectivity index (χ2n) is 11.7. The number of carbonyl (C=O) groups is 2. The van der Waals surface area contributed by atoms with Gasteiger partial charge in [0, 0.05) is 41.5 Å². The summed E-state index contributed by atoms with van der Waals surface area (Å²) in [5, 5.41) is 14.0. The molecule has 0 radical (unpaired) electrons. The summed E-state index contributed by atoms with van der Waals surface area (Å²) in [6.45, 7) is 8.26. The number of nitrogens with zero attached hydrogens (tertiary/aromatic N) is 3. The molecule has 9 heteroatoms. The molecule has 0 bridgehead atoms. The van der Waals surface area contributed by atoms with Crippen LogP contribution in [0.5, 0.6) is 11.5 Å². The van der Waals surface area contributed by atoms with E-state index < -0.39 is 6.03 Å². The van der Waals surface area contributed by atoms with E-state index in [1.165, 1.54) is 0 Å².